The molecular weight excluding hydrogens is 354 g/mol. The first-order chi connectivity index (χ1) is 12.8. The van der Waals surface area contributed by atoms with Gasteiger partial charge in [-0.1, -0.05) is 0 Å². The van der Waals surface area contributed by atoms with Gasteiger partial charge in [0.15, 0.2) is 0 Å². The van der Waals surface area contributed by atoms with E-state index in [1.807, 2.05) is 25.4 Å². The van der Waals surface area contributed by atoms with Gasteiger partial charge in [0, 0.05) is 68.5 Å². The van der Waals surface area contributed by atoms with Crippen molar-refractivity contribution >= 4 is 6.09 Å². The van der Waals surface area contributed by atoms with Crippen molar-refractivity contribution in [1.82, 2.24) is 19.7 Å². The van der Waals surface area contributed by atoms with Crippen molar-refractivity contribution in [3.63, 3.8) is 0 Å². The molecule has 2 unspecified atom stereocenters. The zero-order chi connectivity index (χ0) is 19.2. The van der Waals surface area contributed by atoms with E-state index in [0.29, 0.717) is 31.6 Å². The Morgan fingerprint density at radius 1 is 1.33 bits per heavy atom. The summed E-state index contributed by atoms with van der Waals surface area (Å²) in [6, 6.07) is 3.77. The van der Waals surface area contributed by atoms with Crippen LogP contribution in [0.5, 0.6) is 0 Å². The van der Waals surface area contributed by atoms with Crippen molar-refractivity contribution in [2.75, 3.05) is 13.1 Å². The Morgan fingerprint density at radius 2 is 2.15 bits per heavy atom. The number of carboxylic acid groups (broad SMARTS) is 1. The number of halogens is 2. The Kier molecular flexibility index (Phi) is 4.36. The van der Waals surface area contributed by atoms with Crippen LogP contribution >= 0.6 is 0 Å². The Bertz CT molecular complexity index is 867. The fraction of sp³-hybridized carbons (Fsp3) is 0.526. The first-order valence-corrected chi connectivity index (χ1v) is 9.18. The molecule has 1 saturated carbocycles. The molecule has 6 nitrogen and oxygen atoms in total. The minimum Gasteiger partial charge on any atom is -0.465 e. The molecule has 1 amide bonds. The van der Waals surface area contributed by atoms with Crippen molar-refractivity contribution < 1.29 is 18.7 Å². The Hall–Kier alpha value is -2.51. The number of aryl methyl sites for hydroxylation is 1. The van der Waals surface area contributed by atoms with Gasteiger partial charge >= 0.3 is 6.09 Å². The van der Waals surface area contributed by atoms with Gasteiger partial charge in [-0.05, 0) is 30.5 Å². The number of amides is 1. The normalized spacial score (nSPS) is 24.5. The minimum absolute atomic E-state index is 0.0321. The third-order valence-electron chi connectivity index (χ3n) is 5.67. The topological polar surface area (TPSA) is 71.2 Å². The fourth-order valence-electron chi connectivity index (χ4n) is 4.20. The zero-order valence-electron chi connectivity index (χ0n) is 15.1. The van der Waals surface area contributed by atoms with Crippen molar-refractivity contribution in [1.29, 1.82) is 0 Å². The molecule has 27 heavy (non-hydrogen) atoms. The monoisotopic (exact) mass is 376 g/mol. The van der Waals surface area contributed by atoms with Crippen molar-refractivity contribution in [2.45, 2.75) is 43.4 Å². The second-order valence-electron chi connectivity index (χ2n) is 7.58. The van der Waals surface area contributed by atoms with Crippen LogP contribution in [-0.4, -0.2) is 49.9 Å². The average Bonchev–Trinajstić information content (AvgIpc) is 3.34. The summed E-state index contributed by atoms with van der Waals surface area (Å²) in [4.78, 5) is 17.2. The van der Waals surface area contributed by atoms with E-state index in [1.165, 1.54) is 4.90 Å². The third-order valence-corrected chi connectivity index (χ3v) is 5.67. The van der Waals surface area contributed by atoms with Crippen LogP contribution in [-0.2, 0) is 7.05 Å². The molecule has 1 N–H and O–H groups in total. The third kappa shape index (κ3) is 3.52. The quantitative estimate of drug-likeness (QED) is 0.883. The van der Waals surface area contributed by atoms with Crippen molar-refractivity contribution in [3.05, 3.63) is 35.8 Å². The molecule has 8 heteroatoms. The van der Waals surface area contributed by atoms with Crippen LogP contribution in [0.25, 0.3) is 11.3 Å². The zero-order valence-corrected chi connectivity index (χ0v) is 15.1. The summed E-state index contributed by atoms with van der Waals surface area (Å²) >= 11 is 0. The Balaban J connectivity index is 1.70. The van der Waals surface area contributed by atoms with Crippen molar-refractivity contribution in [2.24, 2.45) is 7.05 Å². The van der Waals surface area contributed by atoms with Gasteiger partial charge in [-0.25, -0.2) is 13.6 Å². The van der Waals surface area contributed by atoms with Gasteiger partial charge < -0.3 is 10.0 Å². The smallest absolute Gasteiger partial charge is 0.407 e. The van der Waals surface area contributed by atoms with E-state index < -0.39 is 12.0 Å². The van der Waals surface area contributed by atoms with Gasteiger partial charge in [-0.2, -0.15) is 5.10 Å². The molecule has 0 bridgehead atoms. The summed E-state index contributed by atoms with van der Waals surface area (Å²) in [5.41, 5.74) is 3.23. The molecule has 3 heterocycles. The van der Waals surface area contributed by atoms with Gasteiger partial charge in [-0.15, -0.1) is 0 Å². The lowest BCUT2D eigenvalue weighted by Gasteiger charge is -2.18. The summed E-state index contributed by atoms with van der Waals surface area (Å²) in [6.45, 7) is 0.899. The molecular formula is C19H22F2N4O2. The van der Waals surface area contributed by atoms with E-state index >= 15 is 0 Å². The average molecular weight is 376 g/mol. The Labute approximate surface area is 155 Å². The lowest BCUT2D eigenvalue weighted by atomic mass is 9.91. The number of alkyl halides is 2. The van der Waals surface area contributed by atoms with Crippen LogP contribution in [0.2, 0.25) is 0 Å². The lowest BCUT2D eigenvalue weighted by molar-refractivity contribution is 0.00765. The molecule has 1 aliphatic carbocycles. The highest BCUT2D eigenvalue weighted by molar-refractivity contribution is 5.67. The van der Waals surface area contributed by atoms with Gasteiger partial charge in [0.2, 0.25) is 5.92 Å². The second-order valence-corrected chi connectivity index (χ2v) is 7.58. The maximum Gasteiger partial charge on any atom is 0.407 e. The molecule has 0 radical (unpaired) electrons. The highest BCUT2D eigenvalue weighted by atomic mass is 19.3. The van der Waals surface area contributed by atoms with E-state index in [2.05, 4.69) is 10.1 Å². The Morgan fingerprint density at radius 3 is 2.74 bits per heavy atom. The van der Waals surface area contributed by atoms with Crippen LogP contribution in [0.15, 0.2) is 24.5 Å². The predicted octanol–water partition coefficient (Wildman–Crippen LogP) is 3.85. The van der Waals surface area contributed by atoms with E-state index in [-0.39, 0.29) is 24.7 Å². The van der Waals surface area contributed by atoms with E-state index in [4.69, 9.17) is 0 Å². The number of pyridine rings is 1. The molecule has 2 atom stereocenters. The molecule has 2 aromatic rings. The molecule has 2 aromatic heterocycles. The maximum atomic E-state index is 13.6. The van der Waals surface area contributed by atoms with E-state index in [1.54, 1.807) is 10.9 Å². The number of aromatic nitrogens is 3. The van der Waals surface area contributed by atoms with Gasteiger partial charge in [-0.3, -0.25) is 9.67 Å². The number of hydrogen-bond acceptors (Lipinski definition) is 3. The summed E-state index contributed by atoms with van der Waals surface area (Å²) in [5, 5.41) is 13.7. The fourth-order valence-corrected chi connectivity index (χ4v) is 4.20. The molecule has 1 aliphatic heterocycles. The second kappa shape index (κ2) is 6.58. The van der Waals surface area contributed by atoms with Crippen LogP contribution in [0.3, 0.4) is 0 Å². The van der Waals surface area contributed by atoms with Crippen LogP contribution in [0.4, 0.5) is 13.6 Å². The standard InChI is InChI=1S/C19H22F2N4O2/c1-24-6-4-16(23-24)14-8-17(12-2-5-19(20,21)9-12)22-10-15(14)13-3-7-25(11-13)18(26)27/h4,6,8,10,12-13H,2-3,5,7,9,11H2,1H3,(H,26,27). The summed E-state index contributed by atoms with van der Waals surface area (Å²) in [5.74, 6) is -2.84. The van der Waals surface area contributed by atoms with Gasteiger partial charge in [0.05, 0.1) is 5.69 Å². The first kappa shape index (κ1) is 17.9. The summed E-state index contributed by atoms with van der Waals surface area (Å²) in [7, 11) is 1.82. The molecule has 4 rings (SSSR count). The maximum absolute atomic E-state index is 13.6. The van der Waals surface area contributed by atoms with E-state index in [0.717, 1.165) is 16.8 Å². The molecule has 144 valence electrons. The molecule has 2 aliphatic rings. The summed E-state index contributed by atoms with van der Waals surface area (Å²) in [6.07, 6.45) is 3.53. The minimum atomic E-state index is -2.62. The predicted molar refractivity (Wildman–Crippen MR) is 94.9 cm³/mol. The molecule has 2 fully saturated rings. The molecule has 0 spiro atoms. The molecule has 1 saturated heterocycles. The SMILES string of the molecule is Cn1ccc(-c2cc(C3CCC(F)(F)C3)ncc2C2CCN(C(=O)O)C2)n1. The van der Waals surface area contributed by atoms with Gasteiger partial charge in [0.1, 0.15) is 0 Å². The van der Waals surface area contributed by atoms with E-state index in [9.17, 15) is 18.7 Å². The van der Waals surface area contributed by atoms with Crippen LogP contribution in [0, 0.1) is 0 Å². The van der Waals surface area contributed by atoms with Crippen LogP contribution < -0.4 is 0 Å². The number of carbonyl (C=O) groups is 1. The highest BCUT2D eigenvalue weighted by Crippen LogP contribution is 2.45. The molecule has 0 aromatic carbocycles. The van der Waals surface area contributed by atoms with Crippen molar-refractivity contribution in [3.8, 4) is 11.3 Å². The highest BCUT2D eigenvalue weighted by Gasteiger charge is 2.41. The largest absolute Gasteiger partial charge is 0.465 e. The summed E-state index contributed by atoms with van der Waals surface area (Å²) < 4.78 is 29.0. The van der Waals surface area contributed by atoms with Gasteiger partial charge in [0.25, 0.3) is 0 Å². The number of rotatable bonds is 3. The van der Waals surface area contributed by atoms with Crippen LogP contribution in [0.1, 0.15) is 48.8 Å². The number of nitrogens with zero attached hydrogens (tertiary/aromatic N) is 4. The number of hydrogen-bond donors (Lipinski definition) is 1. The lowest BCUT2D eigenvalue weighted by Crippen LogP contribution is -2.26. The number of likely N-dealkylation sites (tertiary alicyclic amines) is 1. The first-order valence-electron chi connectivity index (χ1n) is 9.18.